The number of nitrogens with zero attached hydrogens (tertiary/aromatic N) is 1. The molecule has 1 fully saturated rings. The normalized spacial score (nSPS) is 27.6. The van der Waals surface area contributed by atoms with Crippen LogP contribution >= 0.6 is 0 Å². The van der Waals surface area contributed by atoms with Gasteiger partial charge in [-0.3, -0.25) is 9.59 Å². The Bertz CT molecular complexity index is 559. The van der Waals surface area contributed by atoms with Crippen LogP contribution < -0.4 is 5.32 Å². The third-order valence-corrected chi connectivity index (χ3v) is 4.32. The van der Waals surface area contributed by atoms with Gasteiger partial charge in [-0.25, -0.2) is 0 Å². The van der Waals surface area contributed by atoms with Crippen molar-refractivity contribution >= 4 is 11.8 Å². The summed E-state index contributed by atoms with van der Waals surface area (Å²) in [6.45, 7) is 3.55. The summed E-state index contributed by atoms with van der Waals surface area (Å²) >= 11 is 0. The molecule has 0 radical (unpaired) electrons. The first-order chi connectivity index (χ1) is 10.9. The molecule has 2 N–H and O–H groups in total. The van der Waals surface area contributed by atoms with Gasteiger partial charge in [-0.05, 0) is 18.9 Å². The third kappa shape index (κ3) is 3.89. The first-order valence-electron chi connectivity index (χ1n) is 7.69. The van der Waals surface area contributed by atoms with E-state index in [9.17, 15) is 14.7 Å². The molecule has 1 heterocycles. The van der Waals surface area contributed by atoms with E-state index >= 15 is 0 Å². The topological polar surface area (TPSA) is 78.9 Å². The molecule has 2 amide bonds. The van der Waals surface area contributed by atoms with Crippen molar-refractivity contribution in [2.24, 2.45) is 0 Å². The van der Waals surface area contributed by atoms with Gasteiger partial charge in [0.25, 0.3) is 0 Å². The Morgan fingerprint density at radius 3 is 2.61 bits per heavy atom. The number of nitrogens with one attached hydrogen (secondary N) is 1. The van der Waals surface area contributed by atoms with Crippen molar-refractivity contribution in [3.8, 4) is 0 Å². The van der Waals surface area contributed by atoms with E-state index in [4.69, 9.17) is 4.74 Å². The van der Waals surface area contributed by atoms with Crippen molar-refractivity contribution in [3.05, 3.63) is 35.9 Å². The Hall–Kier alpha value is -1.92. The van der Waals surface area contributed by atoms with Crippen molar-refractivity contribution in [3.63, 3.8) is 0 Å². The number of carbonyl (C=O) groups is 2. The Morgan fingerprint density at radius 1 is 1.39 bits per heavy atom. The molecule has 0 unspecified atom stereocenters. The van der Waals surface area contributed by atoms with Gasteiger partial charge in [0.1, 0.15) is 6.61 Å². The summed E-state index contributed by atoms with van der Waals surface area (Å²) in [6.07, 6.45) is 0.397. The minimum Gasteiger partial charge on any atom is -0.388 e. The number of piperidine rings is 1. The number of likely N-dealkylation sites (tertiary alicyclic amines) is 1. The minimum absolute atomic E-state index is 0.0830. The average molecular weight is 320 g/mol. The molecule has 6 heteroatoms. The van der Waals surface area contributed by atoms with Gasteiger partial charge in [-0.1, -0.05) is 30.3 Å². The van der Waals surface area contributed by atoms with Crippen molar-refractivity contribution in [2.75, 3.05) is 20.3 Å². The van der Waals surface area contributed by atoms with E-state index in [1.54, 1.807) is 11.8 Å². The van der Waals surface area contributed by atoms with Crippen LogP contribution in [0.2, 0.25) is 0 Å². The molecule has 1 aliphatic rings. The standard InChI is InChI=1S/C17H24N2O4/c1-12(20)19-10-9-17(2,22)16(18-14(21)11-23-3)15(19)13-7-5-4-6-8-13/h4-8,15-16,22H,9-11H2,1-3H3,(H,18,21)/t15-,16-,17+/m0/s1. The van der Waals surface area contributed by atoms with E-state index in [1.165, 1.54) is 14.0 Å². The summed E-state index contributed by atoms with van der Waals surface area (Å²) in [6, 6.07) is 8.43. The van der Waals surface area contributed by atoms with Gasteiger partial charge in [-0.2, -0.15) is 0 Å². The second-order valence-electron chi connectivity index (χ2n) is 6.15. The van der Waals surface area contributed by atoms with E-state index in [0.29, 0.717) is 13.0 Å². The van der Waals surface area contributed by atoms with Gasteiger partial charge in [0.15, 0.2) is 0 Å². The summed E-state index contributed by atoms with van der Waals surface area (Å²) in [5.74, 6) is -0.399. The molecule has 0 bridgehead atoms. The largest absolute Gasteiger partial charge is 0.388 e. The smallest absolute Gasteiger partial charge is 0.246 e. The number of methoxy groups -OCH3 is 1. The molecule has 126 valence electrons. The fourth-order valence-corrected chi connectivity index (χ4v) is 3.12. The number of carbonyl (C=O) groups excluding carboxylic acids is 2. The summed E-state index contributed by atoms with van der Waals surface area (Å²) in [5, 5.41) is 13.6. The molecule has 1 aromatic carbocycles. The molecule has 0 aliphatic carbocycles. The van der Waals surface area contributed by atoms with Crippen molar-refractivity contribution in [1.29, 1.82) is 0 Å². The van der Waals surface area contributed by atoms with Crippen LogP contribution in [-0.4, -0.2) is 53.7 Å². The third-order valence-electron chi connectivity index (χ3n) is 4.32. The quantitative estimate of drug-likeness (QED) is 0.862. The maximum Gasteiger partial charge on any atom is 0.246 e. The van der Waals surface area contributed by atoms with E-state index in [-0.39, 0.29) is 18.4 Å². The second-order valence-corrected chi connectivity index (χ2v) is 6.15. The number of hydrogen-bond donors (Lipinski definition) is 2. The first kappa shape index (κ1) is 17.4. The summed E-state index contributed by atoms with van der Waals surface area (Å²) in [4.78, 5) is 25.8. The van der Waals surface area contributed by atoms with Crippen LogP contribution in [0.4, 0.5) is 0 Å². The summed E-state index contributed by atoms with van der Waals surface area (Å²) < 4.78 is 4.85. The fourth-order valence-electron chi connectivity index (χ4n) is 3.12. The summed E-state index contributed by atoms with van der Waals surface area (Å²) in [7, 11) is 1.44. The number of ether oxygens (including phenoxy) is 1. The first-order valence-corrected chi connectivity index (χ1v) is 7.69. The maximum absolute atomic E-state index is 12.1. The molecule has 1 aliphatic heterocycles. The Kier molecular flexibility index (Phi) is 5.38. The number of aliphatic hydroxyl groups is 1. The Labute approximate surface area is 136 Å². The number of benzene rings is 1. The SMILES string of the molecule is COCC(=O)N[C@H]1[C@H](c2ccccc2)N(C(C)=O)CC[C@@]1(C)O. The lowest BCUT2D eigenvalue weighted by molar-refractivity contribution is -0.145. The molecule has 0 saturated carbocycles. The van der Waals surface area contributed by atoms with Crippen LogP contribution in [0.5, 0.6) is 0 Å². The van der Waals surface area contributed by atoms with E-state index < -0.39 is 17.7 Å². The molecular formula is C17H24N2O4. The van der Waals surface area contributed by atoms with Crippen molar-refractivity contribution < 1.29 is 19.4 Å². The lowest BCUT2D eigenvalue weighted by Crippen LogP contribution is -2.63. The highest BCUT2D eigenvalue weighted by molar-refractivity contribution is 5.78. The van der Waals surface area contributed by atoms with E-state index in [2.05, 4.69) is 5.32 Å². The van der Waals surface area contributed by atoms with Crippen LogP contribution in [0.1, 0.15) is 31.9 Å². The predicted molar refractivity (Wildman–Crippen MR) is 85.6 cm³/mol. The van der Waals surface area contributed by atoms with Crippen LogP contribution in [0.3, 0.4) is 0 Å². The predicted octanol–water partition coefficient (Wildman–Crippen LogP) is 0.862. The van der Waals surface area contributed by atoms with Crippen molar-refractivity contribution in [1.82, 2.24) is 10.2 Å². The highest BCUT2D eigenvalue weighted by Gasteiger charge is 2.46. The molecule has 1 saturated heterocycles. The maximum atomic E-state index is 12.1. The van der Waals surface area contributed by atoms with Crippen LogP contribution in [0.15, 0.2) is 30.3 Å². The second kappa shape index (κ2) is 7.10. The monoisotopic (exact) mass is 320 g/mol. The Balaban J connectivity index is 2.40. The molecule has 2 rings (SSSR count). The zero-order chi connectivity index (χ0) is 17.0. The molecule has 0 aromatic heterocycles. The average Bonchev–Trinajstić information content (AvgIpc) is 2.49. The Morgan fingerprint density at radius 2 is 2.04 bits per heavy atom. The minimum atomic E-state index is -1.12. The van der Waals surface area contributed by atoms with E-state index in [0.717, 1.165) is 5.56 Å². The van der Waals surface area contributed by atoms with Gasteiger partial charge in [0, 0.05) is 20.6 Å². The van der Waals surface area contributed by atoms with Crippen LogP contribution in [0.25, 0.3) is 0 Å². The highest BCUT2D eigenvalue weighted by Crippen LogP contribution is 2.36. The zero-order valence-corrected chi connectivity index (χ0v) is 13.8. The molecular weight excluding hydrogens is 296 g/mol. The number of rotatable bonds is 4. The number of amides is 2. The van der Waals surface area contributed by atoms with Gasteiger partial charge >= 0.3 is 0 Å². The van der Waals surface area contributed by atoms with Crippen molar-refractivity contribution in [2.45, 2.75) is 38.0 Å². The molecule has 23 heavy (non-hydrogen) atoms. The number of hydrogen-bond acceptors (Lipinski definition) is 4. The lowest BCUT2D eigenvalue weighted by atomic mass is 9.79. The van der Waals surface area contributed by atoms with Gasteiger partial charge < -0.3 is 20.1 Å². The zero-order valence-electron chi connectivity index (χ0n) is 13.8. The van der Waals surface area contributed by atoms with Gasteiger partial charge in [0.05, 0.1) is 17.7 Å². The lowest BCUT2D eigenvalue weighted by Gasteiger charge is -2.48. The van der Waals surface area contributed by atoms with Gasteiger partial charge in [-0.15, -0.1) is 0 Å². The molecule has 3 atom stereocenters. The van der Waals surface area contributed by atoms with Crippen LogP contribution in [0, 0.1) is 0 Å². The highest BCUT2D eigenvalue weighted by atomic mass is 16.5. The van der Waals surface area contributed by atoms with Crippen LogP contribution in [-0.2, 0) is 14.3 Å². The molecule has 0 spiro atoms. The van der Waals surface area contributed by atoms with Gasteiger partial charge in [0.2, 0.25) is 11.8 Å². The fraction of sp³-hybridized carbons (Fsp3) is 0.529. The molecule has 1 aromatic rings. The summed E-state index contributed by atoms with van der Waals surface area (Å²) in [5.41, 5.74) is -0.235. The molecule has 6 nitrogen and oxygen atoms in total. The van der Waals surface area contributed by atoms with E-state index in [1.807, 2.05) is 30.3 Å².